The summed E-state index contributed by atoms with van der Waals surface area (Å²) in [4.78, 5) is 110. The van der Waals surface area contributed by atoms with Crippen LogP contribution >= 0.6 is 20.2 Å². The lowest BCUT2D eigenvalue weighted by Crippen LogP contribution is -2.33. The van der Waals surface area contributed by atoms with E-state index in [1.807, 2.05) is 0 Å². The third-order valence-corrected chi connectivity index (χ3v) is 16.6. The van der Waals surface area contributed by atoms with Gasteiger partial charge in [0.25, 0.3) is 5.56 Å². The number of aryl methyl sites for hydroxylation is 1. The van der Waals surface area contributed by atoms with E-state index in [1.165, 1.54) is 49.9 Å². The van der Waals surface area contributed by atoms with Crippen LogP contribution in [0.4, 0.5) is 17.5 Å². The standard InChI is InChI=1S/C37H50N11O20P3S3/c1-17-12-48(37(55)44-33(17)51)32-11-21(68-69(56,72)59-14-23-18(50)8-29(63-23)45-5-2-26(38)41-34(45)52)25(65-32)16-61-71(58,74)67-20-10-31(47-7-4-28(40)43-36(47)54)64-24(20)15-60-70(57,73)66-19-9-30(62-22(19)13-49)46-6-3-27(39)42-35(46)53/h2-7,12,18-25,29-32,49-50H,8-11,13-16H2,1H3,(H,56,72)(H,57,73)(H,58,74)(H2,38,41,52)(H2,39,42,53)(H2,40,43,54)(H,44,51,55). The number of nitrogen functional groups attached to an aromatic ring is 3. The van der Waals surface area contributed by atoms with Gasteiger partial charge in [-0.25, -0.2) is 19.2 Å². The van der Waals surface area contributed by atoms with Gasteiger partial charge in [0.05, 0.1) is 50.8 Å². The molecule has 0 saturated carbocycles. The molecule has 0 spiro atoms. The zero-order valence-corrected chi connectivity index (χ0v) is 43.5. The van der Waals surface area contributed by atoms with Gasteiger partial charge in [-0.15, -0.1) is 0 Å². The van der Waals surface area contributed by atoms with E-state index >= 15 is 0 Å². The number of nitrogens with one attached hydrogen (secondary N) is 1. The number of hydrogen-bond donors (Lipinski definition) is 9. The topological polar surface area (TPSA) is 431 Å². The van der Waals surface area contributed by atoms with Crippen molar-refractivity contribution in [3.05, 3.63) is 101 Å². The Balaban J connectivity index is 0.949. The van der Waals surface area contributed by atoms with Crippen molar-refractivity contribution in [2.45, 2.75) is 106 Å². The van der Waals surface area contributed by atoms with E-state index in [9.17, 15) is 48.9 Å². The number of rotatable bonds is 20. The van der Waals surface area contributed by atoms with Crippen LogP contribution in [0, 0.1) is 6.92 Å². The summed E-state index contributed by atoms with van der Waals surface area (Å²) >= 11 is 16.1. The second-order valence-corrected chi connectivity index (χ2v) is 25.4. The number of nitrogens with two attached hydrogens (primary N) is 3. The monoisotopic (exact) mass is 1160 g/mol. The Morgan fingerprint density at radius 2 is 0.959 bits per heavy atom. The van der Waals surface area contributed by atoms with Gasteiger partial charge < -0.3 is 88.2 Å². The Bertz CT molecular complexity index is 3170. The molecule has 12 N–H and O–H groups in total. The summed E-state index contributed by atoms with van der Waals surface area (Å²) in [5.41, 5.74) is 13.2. The number of nitrogens with zero attached hydrogens (tertiary/aromatic N) is 7. The number of aliphatic hydroxyl groups is 2. The van der Waals surface area contributed by atoms with Crippen molar-refractivity contribution < 1.29 is 71.0 Å². The quantitative estimate of drug-likeness (QED) is 0.0421. The number of aromatic nitrogens is 8. The first-order chi connectivity index (χ1) is 34.9. The molecular weight excluding hydrogens is 1110 g/mol. The van der Waals surface area contributed by atoms with Gasteiger partial charge >= 0.3 is 42.9 Å². The first-order valence-corrected chi connectivity index (χ1v) is 29.9. The van der Waals surface area contributed by atoms with Crippen molar-refractivity contribution in [3.8, 4) is 0 Å². The maximum atomic E-state index is 13.0. The van der Waals surface area contributed by atoms with Crippen molar-refractivity contribution in [1.82, 2.24) is 38.2 Å². The molecule has 4 saturated heterocycles. The smallest absolute Gasteiger partial charge is 0.351 e. The van der Waals surface area contributed by atoms with Gasteiger partial charge in [0, 0.05) is 56.0 Å². The maximum Gasteiger partial charge on any atom is 0.351 e. The third kappa shape index (κ3) is 13.6. The number of aromatic amines is 1. The first-order valence-electron chi connectivity index (χ1n) is 22.1. The molecule has 4 aliphatic rings. The highest BCUT2D eigenvalue weighted by molar-refractivity contribution is 8.07. The molecule has 4 aromatic rings. The van der Waals surface area contributed by atoms with E-state index in [0.717, 1.165) is 18.3 Å². The summed E-state index contributed by atoms with van der Waals surface area (Å²) in [6, 6.07) is 4.06. The number of anilines is 3. The van der Waals surface area contributed by atoms with E-state index in [-0.39, 0.29) is 48.7 Å². The Morgan fingerprint density at radius 1 is 0.608 bits per heavy atom. The molecule has 74 heavy (non-hydrogen) atoms. The van der Waals surface area contributed by atoms with Crippen LogP contribution < -0.4 is 45.5 Å². The zero-order chi connectivity index (χ0) is 53.4. The Hall–Kier alpha value is -3.93. The highest BCUT2D eigenvalue weighted by Gasteiger charge is 2.46. The predicted octanol–water partition coefficient (Wildman–Crippen LogP) is -2.28. The van der Waals surface area contributed by atoms with Gasteiger partial charge in [0.15, 0.2) is 0 Å². The minimum absolute atomic E-state index is 0.0203. The molecule has 0 radical (unpaired) electrons. The van der Waals surface area contributed by atoms with Crippen LogP contribution in [0.2, 0.25) is 0 Å². The van der Waals surface area contributed by atoms with Gasteiger partial charge in [-0.2, -0.15) is 15.0 Å². The largest absolute Gasteiger partial charge is 0.394 e. The molecule has 15 atom stereocenters. The molecule has 0 aliphatic carbocycles. The summed E-state index contributed by atoms with van der Waals surface area (Å²) in [5, 5.41) is 20.8. The molecule has 406 valence electrons. The van der Waals surface area contributed by atoms with Crippen molar-refractivity contribution >= 4 is 73.0 Å². The lowest BCUT2D eigenvalue weighted by atomic mass is 10.2. The number of H-pyrrole nitrogens is 1. The van der Waals surface area contributed by atoms with Crippen LogP contribution in [0.25, 0.3) is 0 Å². The third-order valence-electron chi connectivity index (χ3n) is 11.9. The van der Waals surface area contributed by atoms with Crippen molar-refractivity contribution in [2.75, 3.05) is 43.6 Å². The molecule has 0 aromatic carbocycles. The van der Waals surface area contributed by atoms with Crippen LogP contribution in [0.15, 0.2) is 67.0 Å². The molecule has 8 rings (SSSR count). The minimum atomic E-state index is -4.44. The number of hydrogen-bond acceptors (Lipinski definition) is 26. The van der Waals surface area contributed by atoms with E-state index in [2.05, 4.69) is 19.9 Å². The molecule has 0 bridgehead atoms. The minimum Gasteiger partial charge on any atom is -0.394 e. The average molecular weight is 1160 g/mol. The van der Waals surface area contributed by atoms with Crippen LogP contribution in [0.3, 0.4) is 0 Å². The summed E-state index contributed by atoms with van der Waals surface area (Å²) in [6.07, 6.45) is -9.28. The van der Waals surface area contributed by atoms with Gasteiger partial charge in [-0.1, -0.05) is 0 Å². The summed E-state index contributed by atoms with van der Waals surface area (Å²) < 4.78 is 62.8. The van der Waals surface area contributed by atoms with Gasteiger partial charge in [0.1, 0.15) is 66.8 Å². The average Bonchev–Trinajstić information content (AvgIpc) is 4.10. The molecule has 4 aliphatic heterocycles. The molecule has 31 nitrogen and oxygen atoms in total. The van der Waals surface area contributed by atoms with Crippen molar-refractivity contribution in [1.29, 1.82) is 0 Å². The summed E-state index contributed by atoms with van der Waals surface area (Å²) in [6.45, 7) is -14.0. The van der Waals surface area contributed by atoms with Crippen LogP contribution in [-0.4, -0.2) is 138 Å². The SMILES string of the molecule is Cc1cn(C2CC(OP(O)(=S)OCC3OC(n4ccc(N)nc4=O)CC3O)C(COP(O)(=S)OC3CC(n4ccc(N)nc4=O)OC3COP(O)(=S)OC3CC(n4ccc(N)nc4=O)OC3CO)O2)c(=O)[nH]c1=O. The van der Waals surface area contributed by atoms with Crippen LogP contribution in [0.5, 0.6) is 0 Å². The molecule has 15 unspecified atom stereocenters. The summed E-state index contributed by atoms with van der Waals surface area (Å²) in [7, 11) is 0. The lowest BCUT2D eigenvalue weighted by Gasteiger charge is -2.28. The van der Waals surface area contributed by atoms with Gasteiger partial charge in [-0.05, 0) is 60.5 Å². The van der Waals surface area contributed by atoms with Crippen LogP contribution in [-0.2, 0) is 81.5 Å². The molecule has 0 amide bonds. The van der Waals surface area contributed by atoms with Gasteiger partial charge in [0.2, 0.25) is 0 Å². The molecular formula is C37H50N11O20P3S3. The molecule has 8 heterocycles. The molecule has 37 heteroatoms. The fourth-order valence-electron chi connectivity index (χ4n) is 8.29. The Kier molecular flexibility index (Phi) is 17.5. The number of aliphatic hydroxyl groups excluding tert-OH is 2. The fraction of sp³-hybridized carbons (Fsp3) is 0.568. The Morgan fingerprint density at radius 3 is 1.36 bits per heavy atom. The number of ether oxygens (including phenoxy) is 4. The van der Waals surface area contributed by atoms with Crippen molar-refractivity contribution in [3.63, 3.8) is 0 Å². The van der Waals surface area contributed by atoms with E-state index < -0.39 is 149 Å². The van der Waals surface area contributed by atoms with Crippen LogP contribution in [0.1, 0.15) is 56.2 Å². The van der Waals surface area contributed by atoms with Gasteiger partial charge in [-0.3, -0.25) is 28.0 Å². The molecule has 4 fully saturated rings. The first kappa shape index (κ1) is 56.3. The van der Waals surface area contributed by atoms with E-state index in [1.54, 1.807) is 0 Å². The maximum absolute atomic E-state index is 13.0. The second kappa shape index (κ2) is 23.0. The fourth-order valence-corrected chi connectivity index (χ4v) is 12.7. The Labute approximate surface area is 431 Å². The van der Waals surface area contributed by atoms with Crippen molar-refractivity contribution in [2.24, 2.45) is 0 Å². The summed E-state index contributed by atoms with van der Waals surface area (Å²) in [5.74, 6) is -0.137. The second-order valence-electron chi connectivity index (χ2n) is 17.0. The predicted molar refractivity (Wildman–Crippen MR) is 264 cm³/mol. The van der Waals surface area contributed by atoms with E-state index in [0.29, 0.717) is 0 Å². The molecule has 4 aromatic heterocycles. The van der Waals surface area contributed by atoms with E-state index in [4.69, 9.17) is 98.7 Å². The highest BCUT2D eigenvalue weighted by Crippen LogP contribution is 2.54. The zero-order valence-electron chi connectivity index (χ0n) is 38.4. The lowest BCUT2D eigenvalue weighted by molar-refractivity contribution is -0.0571. The normalized spacial score (nSPS) is 30.5. The highest BCUT2D eigenvalue weighted by atomic mass is 32.5.